The predicted molar refractivity (Wildman–Crippen MR) is 35.6 cm³/mol. The molecule has 0 aromatic heterocycles. The number of hydrogen-bond acceptors (Lipinski definition) is 0. The monoisotopic (exact) mass is 160 g/mol. The molecule has 0 bridgehead atoms. The molecular weight excluding hydrogens is 152 g/mol. The topological polar surface area (TPSA) is 0 Å². The van der Waals surface area contributed by atoms with Gasteiger partial charge in [0.05, 0.1) is 0 Å². The van der Waals surface area contributed by atoms with Crippen LogP contribution >= 0.6 is 15.9 Å². The summed E-state index contributed by atoms with van der Waals surface area (Å²) in [6.07, 6.45) is 5.70. The highest BCUT2D eigenvalue weighted by molar-refractivity contribution is 9.09. The Morgan fingerprint density at radius 2 is 2.29 bits per heavy atom. The fourth-order valence-corrected chi connectivity index (χ4v) is 1.24. The highest BCUT2D eigenvalue weighted by atomic mass is 79.9. The van der Waals surface area contributed by atoms with Crippen LogP contribution in [0, 0.1) is 5.92 Å². The Morgan fingerprint density at radius 3 is 2.43 bits per heavy atom. The maximum Gasteiger partial charge on any atom is 0.0214 e. The molecule has 0 radical (unpaired) electrons. The summed E-state index contributed by atoms with van der Waals surface area (Å²) in [5, 5.41) is 0. The van der Waals surface area contributed by atoms with E-state index in [-0.39, 0.29) is 0 Å². The highest BCUT2D eigenvalue weighted by Gasteiger charge is 2.31. The maximum atomic E-state index is 3.50. The van der Waals surface area contributed by atoms with Crippen molar-refractivity contribution < 1.29 is 0 Å². The molecule has 40 valence electrons. The van der Waals surface area contributed by atoms with Gasteiger partial charge in [0.15, 0.2) is 0 Å². The van der Waals surface area contributed by atoms with E-state index in [0.717, 1.165) is 10.7 Å². The molecule has 1 heteroatoms. The van der Waals surface area contributed by atoms with Crippen LogP contribution in [0.3, 0.4) is 0 Å². The molecule has 2 atom stereocenters. The summed E-state index contributed by atoms with van der Waals surface area (Å²) in [6, 6.07) is 0. The lowest BCUT2D eigenvalue weighted by atomic mass is 10.4. The molecule has 0 aromatic carbocycles. The number of alkyl halides is 1. The zero-order chi connectivity index (χ0) is 5.28. The van der Waals surface area contributed by atoms with Gasteiger partial charge in [-0.3, -0.25) is 0 Å². The zero-order valence-corrected chi connectivity index (χ0v) is 5.98. The van der Waals surface area contributed by atoms with E-state index in [1.165, 1.54) is 6.42 Å². The Morgan fingerprint density at radius 1 is 1.71 bits per heavy atom. The highest BCUT2D eigenvalue weighted by Crippen LogP contribution is 2.38. The molecule has 1 fully saturated rings. The Balaban J connectivity index is 2.21. The van der Waals surface area contributed by atoms with Gasteiger partial charge in [0.25, 0.3) is 0 Å². The van der Waals surface area contributed by atoms with Crippen LogP contribution in [0.5, 0.6) is 0 Å². The van der Waals surface area contributed by atoms with Crippen LogP contribution in [0.2, 0.25) is 0 Å². The molecule has 2 unspecified atom stereocenters. The van der Waals surface area contributed by atoms with Gasteiger partial charge in [-0.2, -0.15) is 0 Å². The largest absolute Gasteiger partial charge is 0.0913 e. The van der Waals surface area contributed by atoms with Gasteiger partial charge in [-0.05, 0) is 19.3 Å². The van der Waals surface area contributed by atoms with Crippen molar-refractivity contribution in [2.75, 3.05) is 0 Å². The molecule has 1 aliphatic carbocycles. The summed E-state index contributed by atoms with van der Waals surface area (Å²) in [4.78, 5) is 0.795. The smallest absolute Gasteiger partial charge is 0.0214 e. The molecule has 0 heterocycles. The first-order chi connectivity index (χ1) is 3.34. The molecule has 0 nitrogen and oxygen atoms in total. The summed E-state index contributed by atoms with van der Waals surface area (Å²) in [6.45, 7) is 2.07. The summed E-state index contributed by atoms with van der Waals surface area (Å²) < 4.78 is 0. The van der Waals surface area contributed by atoms with E-state index < -0.39 is 0 Å². The van der Waals surface area contributed by atoms with Crippen LogP contribution in [-0.4, -0.2) is 4.83 Å². The van der Waals surface area contributed by atoms with Crippen molar-refractivity contribution >= 4 is 15.9 Å². The van der Waals surface area contributed by atoms with Crippen LogP contribution in [-0.2, 0) is 0 Å². The SMILES string of the molecule is C/C=C/C1CC1Br. The van der Waals surface area contributed by atoms with Crippen molar-refractivity contribution in [2.24, 2.45) is 5.92 Å². The third kappa shape index (κ3) is 1.30. The summed E-state index contributed by atoms with van der Waals surface area (Å²) in [5.74, 6) is 0.852. The second-order valence-corrected chi connectivity index (χ2v) is 3.12. The van der Waals surface area contributed by atoms with E-state index >= 15 is 0 Å². The lowest BCUT2D eigenvalue weighted by Gasteiger charge is -1.74. The molecule has 7 heavy (non-hydrogen) atoms. The summed E-state index contributed by atoms with van der Waals surface area (Å²) in [7, 11) is 0. The van der Waals surface area contributed by atoms with Crippen molar-refractivity contribution in [2.45, 2.75) is 18.2 Å². The van der Waals surface area contributed by atoms with Crippen molar-refractivity contribution in [3.8, 4) is 0 Å². The molecule has 1 saturated carbocycles. The van der Waals surface area contributed by atoms with Gasteiger partial charge >= 0.3 is 0 Å². The fraction of sp³-hybridized carbons (Fsp3) is 0.667. The molecule has 0 amide bonds. The van der Waals surface area contributed by atoms with Crippen LogP contribution in [0.4, 0.5) is 0 Å². The van der Waals surface area contributed by atoms with Gasteiger partial charge < -0.3 is 0 Å². The van der Waals surface area contributed by atoms with Gasteiger partial charge in [-0.15, -0.1) is 0 Å². The zero-order valence-electron chi connectivity index (χ0n) is 4.39. The van der Waals surface area contributed by atoms with Gasteiger partial charge in [-0.1, -0.05) is 28.1 Å². The number of halogens is 1. The van der Waals surface area contributed by atoms with Crippen LogP contribution in [0.15, 0.2) is 12.2 Å². The van der Waals surface area contributed by atoms with Gasteiger partial charge in [0, 0.05) is 4.83 Å². The molecular formula is C6H9Br. The lowest BCUT2D eigenvalue weighted by Crippen LogP contribution is -1.66. The van der Waals surface area contributed by atoms with Crippen LogP contribution in [0.25, 0.3) is 0 Å². The van der Waals surface area contributed by atoms with Crippen molar-refractivity contribution in [3.05, 3.63) is 12.2 Å². The second-order valence-electron chi connectivity index (χ2n) is 1.94. The van der Waals surface area contributed by atoms with E-state index in [1.807, 2.05) is 0 Å². The van der Waals surface area contributed by atoms with Crippen molar-refractivity contribution in [3.63, 3.8) is 0 Å². The average Bonchev–Trinajstić information content (AvgIpc) is 2.22. The third-order valence-electron chi connectivity index (χ3n) is 1.20. The van der Waals surface area contributed by atoms with Gasteiger partial charge in [0.2, 0.25) is 0 Å². The lowest BCUT2D eigenvalue weighted by molar-refractivity contribution is 1.13. The Kier molecular flexibility index (Phi) is 1.53. The molecule has 0 aliphatic heterocycles. The fourth-order valence-electron chi connectivity index (χ4n) is 0.628. The van der Waals surface area contributed by atoms with E-state index in [2.05, 4.69) is 35.0 Å². The van der Waals surface area contributed by atoms with Crippen molar-refractivity contribution in [1.82, 2.24) is 0 Å². The van der Waals surface area contributed by atoms with E-state index in [4.69, 9.17) is 0 Å². The van der Waals surface area contributed by atoms with E-state index in [9.17, 15) is 0 Å². The number of hydrogen-bond donors (Lipinski definition) is 0. The summed E-state index contributed by atoms with van der Waals surface area (Å²) >= 11 is 3.50. The first kappa shape index (κ1) is 5.36. The third-order valence-corrected chi connectivity index (χ3v) is 2.25. The van der Waals surface area contributed by atoms with E-state index in [0.29, 0.717) is 0 Å². The average molecular weight is 161 g/mol. The van der Waals surface area contributed by atoms with Gasteiger partial charge in [0.1, 0.15) is 0 Å². The molecule has 0 spiro atoms. The quantitative estimate of drug-likeness (QED) is 0.409. The first-order valence-corrected chi connectivity index (χ1v) is 3.53. The van der Waals surface area contributed by atoms with E-state index in [1.54, 1.807) is 0 Å². The normalized spacial score (nSPS) is 39.7. The van der Waals surface area contributed by atoms with Crippen LogP contribution < -0.4 is 0 Å². The standard InChI is InChI=1S/C6H9Br/c1-2-3-5-4-6(5)7/h2-3,5-6H,4H2,1H3/b3-2+. The molecule has 0 N–H and O–H groups in total. The molecule has 0 saturated heterocycles. The summed E-state index contributed by atoms with van der Waals surface area (Å²) in [5.41, 5.74) is 0. The van der Waals surface area contributed by atoms with Gasteiger partial charge in [-0.25, -0.2) is 0 Å². The molecule has 0 aromatic rings. The minimum atomic E-state index is 0.795. The molecule has 1 aliphatic rings. The molecule has 1 rings (SSSR count). The number of rotatable bonds is 1. The predicted octanol–water partition coefficient (Wildman–Crippen LogP) is 2.35. The van der Waals surface area contributed by atoms with Crippen molar-refractivity contribution in [1.29, 1.82) is 0 Å². The Hall–Kier alpha value is 0.220. The Bertz CT molecular complexity index is 86.2. The minimum absolute atomic E-state index is 0.795. The Labute approximate surface area is 52.7 Å². The maximum absolute atomic E-state index is 3.50. The van der Waals surface area contributed by atoms with Crippen LogP contribution in [0.1, 0.15) is 13.3 Å². The second kappa shape index (κ2) is 1.99. The number of allylic oxidation sites excluding steroid dienone is 2. The minimum Gasteiger partial charge on any atom is -0.0913 e. The first-order valence-electron chi connectivity index (χ1n) is 2.61.